The molecule has 1 aliphatic heterocycles. The molecule has 1 amide bonds. The number of carbonyl (C=O) groups is 1. The van der Waals surface area contributed by atoms with Gasteiger partial charge in [-0.25, -0.2) is 4.39 Å². The number of hydrogen-bond acceptors (Lipinski definition) is 3. The van der Waals surface area contributed by atoms with Crippen LogP contribution in [0.2, 0.25) is 0 Å². The minimum Gasteiger partial charge on any atom is -0.464 e. The fourth-order valence-corrected chi connectivity index (χ4v) is 2.69. The Kier molecular flexibility index (Phi) is 4.24. The molecule has 3 rings (SSSR count). The molecule has 2 aromatic rings. The number of carbonyl (C=O) groups excluding carboxylic acids is 1. The average Bonchev–Trinajstić information content (AvgIpc) is 2.94. The van der Waals surface area contributed by atoms with Gasteiger partial charge in [0.25, 0.3) is 0 Å². The van der Waals surface area contributed by atoms with E-state index < -0.39 is 0 Å². The third kappa shape index (κ3) is 3.20. The SMILES string of the molecule is Cc1ccc([C@H]2COCCN2C(=O)Cc2cccc(F)c2)o1. The van der Waals surface area contributed by atoms with Gasteiger partial charge < -0.3 is 14.1 Å². The summed E-state index contributed by atoms with van der Waals surface area (Å²) in [5, 5.41) is 0. The van der Waals surface area contributed by atoms with Crippen LogP contribution in [0.4, 0.5) is 4.39 Å². The molecule has 0 N–H and O–H groups in total. The summed E-state index contributed by atoms with van der Waals surface area (Å²) < 4.78 is 24.4. The second-order valence-electron chi connectivity index (χ2n) is 5.43. The largest absolute Gasteiger partial charge is 0.464 e. The fraction of sp³-hybridized carbons (Fsp3) is 0.353. The Morgan fingerprint density at radius 1 is 1.36 bits per heavy atom. The Labute approximate surface area is 128 Å². The molecular weight excluding hydrogens is 285 g/mol. The van der Waals surface area contributed by atoms with Gasteiger partial charge >= 0.3 is 0 Å². The molecule has 0 spiro atoms. The van der Waals surface area contributed by atoms with E-state index in [1.165, 1.54) is 12.1 Å². The molecule has 1 aromatic carbocycles. The zero-order valence-corrected chi connectivity index (χ0v) is 12.4. The van der Waals surface area contributed by atoms with Gasteiger partial charge in [0.05, 0.1) is 19.6 Å². The third-order valence-corrected chi connectivity index (χ3v) is 3.78. The van der Waals surface area contributed by atoms with E-state index in [0.29, 0.717) is 25.3 Å². The van der Waals surface area contributed by atoms with Crippen molar-refractivity contribution in [2.24, 2.45) is 0 Å². The Morgan fingerprint density at radius 3 is 2.95 bits per heavy atom. The number of rotatable bonds is 3. The van der Waals surface area contributed by atoms with E-state index >= 15 is 0 Å². The lowest BCUT2D eigenvalue weighted by Gasteiger charge is -2.34. The Hall–Kier alpha value is -2.14. The fourth-order valence-electron chi connectivity index (χ4n) is 2.69. The molecule has 0 aliphatic carbocycles. The summed E-state index contributed by atoms with van der Waals surface area (Å²) in [6.07, 6.45) is 0.175. The number of hydrogen-bond donors (Lipinski definition) is 0. The molecule has 1 atom stereocenters. The molecular formula is C17H18FNO3. The summed E-state index contributed by atoms with van der Waals surface area (Å²) in [7, 11) is 0. The topological polar surface area (TPSA) is 42.7 Å². The summed E-state index contributed by atoms with van der Waals surface area (Å²) >= 11 is 0. The zero-order chi connectivity index (χ0) is 15.5. The van der Waals surface area contributed by atoms with Crippen molar-refractivity contribution in [2.75, 3.05) is 19.8 Å². The van der Waals surface area contributed by atoms with Gasteiger partial charge in [-0.2, -0.15) is 0 Å². The first-order valence-electron chi connectivity index (χ1n) is 7.31. The number of nitrogens with zero attached hydrogens (tertiary/aromatic N) is 1. The maximum absolute atomic E-state index is 13.2. The van der Waals surface area contributed by atoms with Gasteiger partial charge in [-0.3, -0.25) is 4.79 Å². The van der Waals surface area contributed by atoms with Crippen LogP contribution in [-0.2, 0) is 16.0 Å². The number of aryl methyl sites for hydroxylation is 1. The summed E-state index contributed by atoms with van der Waals surface area (Å²) in [6, 6.07) is 9.67. The number of ether oxygens (including phenoxy) is 1. The van der Waals surface area contributed by atoms with E-state index in [-0.39, 0.29) is 24.2 Å². The summed E-state index contributed by atoms with van der Waals surface area (Å²) in [5.41, 5.74) is 0.672. The van der Waals surface area contributed by atoms with Gasteiger partial charge in [0.2, 0.25) is 5.91 Å². The predicted octanol–water partition coefficient (Wildman–Crippen LogP) is 2.87. The van der Waals surface area contributed by atoms with Crippen molar-refractivity contribution >= 4 is 5.91 Å². The molecule has 1 aliphatic rings. The molecule has 4 nitrogen and oxygen atoms in total. The second-order valence-corrected chi connectivity index (χ2v) is 5.43. The maximum atomic E-state index is 13.2. The predicted molar refractivity (Wildman–Crippen MR) is 78.8 cm³/mol. The van der Waals surface area contributed by atoms with E-state index in [1.807, 2.05) is 19.1 Å². The Balaban J connectivity index is 1.76. The highest BCUT2D eigenvalue weighted by Crippen LogP contribution is 2.26. The quantitative estimate of drug-likeness (QED) is 0.875. The molecule has 116 valence electrons. The number of amides is 1. The van der Waals surface area contributed by atoms with Crippen molar-refractivity contribution in [1.29, 1.82) is 0 Å². The van der Waals surface area contributed by atoms with Crippen LogP contribution in [-0.4, -0.2) is 30.6 Å². The van der Waals surface area contributed by atoms with Crippen LogP contribution in [0.5, 0.6) is 0 Å². The van der Waals surface area contributed by atoms with Gasteiger partial charge in [0.1, 0.15) is 23.4 Å². The number of benzene rings is 1. The number of furan rings is 1. The molecule has 1 fully saturated rings. The zero-order valence-electron chi connectivity index (χ0n) is 12.4. The monoisotopic (exact) mass is 303 g/mol. The highest BCUT2D eigenvalue weighted by Gasteiger charge is 2.30. The molecule has 1 saturated heterocycles. The molecule has 0 bridgehead atoms. The van der Waals surface area contributed by atoms with E-state index in [1.54, 1.807) is 17.0 Å². The normalized spacial score (nSPS) is 18.5. The van der Waals surface area contributed by atoms with Crippen molar-refractivity contribution in [1.82, 2.24) is 4.90 Å². The number of morpholine rings is 1. The van der Waals surface area contributed by atoms with E-state index in [0.717, 1.165) is 11.5 Å². The van der Waals surface area contributed by atoms with Crippen LogP contribution in [0.25, 0.3) is 0 Å². The van der Waals surface area contributed by atoms with Gasteiger partial charge in [-0.05, 0) is 36.8 Å². The molecule has 22 heavy (non-hydrogen) atoms. The van der Waals surface area contributed by atoms with Crippen LogP contribution in [0.1, 0.15) is 23.1 Å². The molecule has 0 radical (unpaired) electrons. The lowest BCUT2D eigenvalue weighted by molar-refractivity contribution is -0.140. The van der Waals surface area contributed by atoms with Crippen LogP contribution < -0.4 is 0 Å². The van der Waals surface area contributed by atoms with Crippen LogP contribution in [0.3, 0.4) is 0 Å². The minimum atomic E-state index is -0.328. The van der Waals surface area contributed by atoms with Gasteiger partial charge in [-0.15, -0.1) is 0 Å². The first-order valence-corrected chi connectivity index (χ1v) is 7.31. The first kappa shape index (κ1) is 14.8. The van der Waals surface area contributed by atoms with Crippen LogP contribution in [0, 0.1) is 12.7 Å². The Morgan fingerprint density at radius 2 is 2.23 bits per heavy atom. The first-order chi connectivity index (χ1) is 10.6. The van der Waals surface area contributed by atoms with Gasteiger partial charge in [-0.1, -0.05) is 12.1 Å². The minimum absolute atomic E-state index is 0.0482. The standard InChI is InChI=1S/C17H18FNO3/c1-12-5-6-16(22-12)15-11-21-8-7-19(15)17(20)10-13-3-2-4-14(18)9-13/h2-6,9,15H,7-8,10-11H2,1H3/t15-/m1/s1. The summed E-state index contributed by atoms with van der Waals surface area (Å²) in [4.78, 5) is 14.3. The van der Waals surface area contributed by atoms with Crippen molar-refractivity contribution in [2.45, 2.75) is 19.4 Å². The molecule has 0 unspecified atom stereocenters. The average molecular weight is 303 g/mol. The van der Waals surface area contributed by atoms with E-state index in [4.69, 9.17) is 9.15 Å². The van der Waals surface area contributed by atoms with Gasteiger partial charge in [0, 0.05) is 6.54 Å². The molecule has 0 saturated carbocycles. The summed E-state index contributed by atoms with van der Waals surface area (Å²) in [5.74, 6) is 1.15. The van der Waals surface area contributed by atoms with E-state index in [9.17, 15) is 9.18 Å². The molecule has 5 heteroatoms. The second kappa shape index (κ2) is 6.32. The third-order valence-electron chi connectivity index (χ3n) is 3.78. The van der Waals surface area contributed by atoms with E-state index in [2.05, 4.69) is 0 Å². The smallest absolute Gasteiger partial charge is 0.227 e. The summed E-state index contributed by atoms with van der Waals surface area (Å²) in [6.45, 7) is 3.30. The van der Waals surface area contributed by atoms with Crippen molar-refractivity contribution < 1.29 is 18.3 Å². The maximum Gasteiger partial charge on any atom is 0.227 e. The van der Waals surface area contributed by atoms with Crippen LogP contribution in [0.15, 0.2) is 40.8 Å². The van der Waals surface area contributed by atoms with Crippen LogP contribution >= 0.6 is 0 Å². The van der Waals surface area contributed by atoms with Crippen molar-refractivity contribution in [3.63, 3.8) is 0 Å². The van der Waals surface area contributed by atoms with Gasteiger partial charge in [0.15, 0.2) is 0 Å². The lowest BCUT2D eigenvalue weighted by Crippen LogP contribution is -2.44. The lowest BCUT2D eigenvalue weighted by atomic mass is 10.1. The molecule has 1 aromatic heterocycles. The van der Waals surface area contributed by atoms with Crippen molar-refractivity contribution in [3.05, 3.63) is 59.3 Å². The van der Waals surface area contributed by atoms with Crippen molar-refractivity contribution in [3.8, 4) is 0 Å². The highest BCUT2D eigenvalue weighted by atomic mass is 19.1. The molecule has 2 heterocycles. The highest BCUT2D eigenvalue weighted by molar-refractivity contribution is 5.79. The number of halogens is 1. The Bertz CT molecular complexity index is 667.